The van der Waals surface area contributed by atoms with E-state index in [1.165, 1.54) is 27.7 Å². The second-order valence-corrected chi connectivity index (χ2v) is 13.2. The zero-order valence-electron chi connectivity index (χ0n) is 12.0. The molecule has 0 aliphatic heterocycles. The van der Waals surface area contributed by atoms with Gasteiger partial charge in [-0.25, -0.2) is 0 Å². The summed E-state index contributed by atoms with van der Waals surface area (Å²) < 4.78 is 57.6. The van der Waals surface area contributed by atoms with Crippen LogP contribution in [0.1, 0.15) is 27.7 Å². The van der Waals surface area contributed by atoms with Crippen LogP contribution in [-0.2, 0) is 32.3 Å². The Bertz CT molecular complexity index is 545. The van der Waals surface area contributed by atoms with Crippen LogP contribution in [0.5, 0.6) is 0 Å². The van der Waals surface area contributed by atoms with Gasteiger partial charge in [0.05, 0.1) is 18.5 Å². The Morgan fingerprint density at radius 1 is 1.05 bits per heavy atom. The molecule has 0 aromatic heterocycles. The highest BCUT2D eigenvalue weighted by Gasteiger charge is 2.65. The van der Waals surface area contributed by atoms with E-state index in [1.807, 2.05) is 0 Å². The minimum absolute atomic E-state index is 0.511. The first-order chi connectivity index (χ1) is 9.04. The summed E-state index contributed by atoms with van der Waals surface area (Å²) in [5.41, 5.74) is 0. The van der Waals surface area contributed by atoms with Gasteiger partial charge in [-0.1, -0.05) is 23.2 Å². The summed E-state index contributed by atoms with van der Waals surface area (Å²) in [4.78, 5) is 9.70. The zero-order valence-corrected chi connectivity index (χ0v) is 16.1. The molecule has 0 aliphatic carbocycles. The van der Waals surface area contributed by atoms with Gasteiger partial charge in [0.15, 0.2) is 0 Å². The highest BCUT2D eigenvalue weighted by Crippen LogP contribution is 2.80. The molecule has 1 N–H and O–H groups in total. The van der Waals surface area contributed by atoms with Crippen molar-refractivity contribution in [3.8, 4) is 0 Å². The topological polar surface area (TPSA) is 116 Å². The summed E-state index contributed by atoms with van der Waals surface area (Å²) in [7, 11) is -14.3. The fourth-order valence-corrected chi connectivity index (χ4v) is 7.14. The van der Waals surface area contributed by atoms with E-state index < -0.39 is 41.3 Å². The van der Waals surface area contributed by atoms with Crippen molar-refractivity contribution in [2.24, 2.45) is 0 Å². The molecule has 8 nitrogen and oxygen atoms in total. The van der Waals surface area contributed by atoms with Crippen molar-refractivity contribution < 1.29 is 35.5 Å². The van der Waals surface area contributed by atoms with Crippen molar-refractivity contribution in [1.82, 2.24) is 0 Å². The van der Waals surface area contributed by atoms with Crippen molar-refractivity contribution in [2.45, 2.75) is 43.7 Å². The SMILES string of the molecule is CC(C)OP(=O)(OC(C)C)C(Cl)(Cl)P(=O)(O)OS(C)(=O)=O. The fraction of sp³-hybridized carbons (Fsp3) is 1.00. The van der Waals surface area contributed by atoms with Gasteiger partial charge in [-0.3, -0.25) is 9.13 Å². The summed E-state index contributed by atoms with van der Waals surface area (Å²) in [6.45, 7) is 5.83. The molecule has 0 rings (SSSR count). The van der Waals surface area contributed by atoms with Crippen LogP contribution in [0.2, 0.25) is 0 Å². The number of hydrogen-bond acceptors (Lipinski definition) is 7. The first-order valence-corrected chi connectivity index (χ1v) is 11.3. The van der Waals surface area contributed by atoms with Crippen molar-refractivity contribution in [2.75, 3.05) is 6.26 Å². The Kier molecular flexibility index (Phi) is 7.44. The van der Waals surface area contributed by atoms with Crippen LogP contribution in [0.3, 0.4) is 0 Å². The average Bonchev–Trinajstić information content (AvgIpc) is 2.09. The molecule has 0 fully saturated rings. The lowest BCUT2D eigenvalue weighted by molar-refractivity contribution is 0.141. The third kappa shape index (κ3) is 6.09. The third-order valence-electron chi connectivity index (χ3n) is 1.61. The van der Waals surface area contributed by atoms with Gasteiger partial charge < -0.3 is 13.9 Å². The normalized spacial score (nSPS) is 17.2. The molecule has 21 heavy (non-hydrogen) atoms. The standard InChI is InChI=1S/C8H18Cl2O8P2S/c1-6(2)16-20(13,17-7(3)4)8(9,10)19(11,12)18-21(5,14)15/h6-7H,1-5H3,(H,11,12). The van der Waals surface area contributed by atoms with Crippen molar-refractivity contribution in [3.05, 3.63) is 0 Å². The molecule has 0 aliphatic rings. The van der Waals surface area contributed by atoms with E-state index in [1.54, 1.807) is 0 Å². The van der Waals surface area contributed by atoms with Crippen LogP contribution in [0.15, 0.2) is 0 Å². The quantitative estimate of drug-likeness (QED) is 0.482. The van der Waals surface area contributed by atoms with Gasteiger partial charge in [-0.2, -0.15) is 12.4 Å². The molecular weight excluding hydrogens is 389 g/mol. The van der Waals surface area contributed by atoms with Gasteiger partial charge in [0.25, 0.3) is 10.1 Å². The summed E-state index contributed by atoms with van der Waals surface area (Å²) in [6, 6.07) is 0. The van der Waals surface area contributed by atoms with Gasteiger partial charge in [-0.05, 0) is 27.7 Å². The molecule has 0 saturated heterocycles. The van der Waals surface area contributed by atoms with Crippen LogP contribution in [-0.4, -0.2) is 35.6 Å². The van der Waals surface area contributed by atoms with E-state index in [4.69, 9.17) is 32.2 Å². The van der Waals surface area contributed by atoms with Crippen LogP contribution < -0.4 is 0 Å². The zero-order chi connectivity index (χ0) is 17.3. The summed E-state index contributed by atoms with van der Waals surface area (Å²) >= 11 is 11.4. The predicted octanol–water partition coefficient (Wildman–Crippen LogP) is 3.28. The van der Waals surface area contributed by atoms with E-state index >= 15 is 0 Å². The van der Waals surface area contributed by atoms with Crippen molar-refractivity contribution in [3.63, 3.8) is 0 Å². The molecule has 0 amide bonds. The second-order valence-electron chi connectivity index (χ2n) is 4.61. The molecule has 1 unspecified atom stereocenters. The first-order valence-electron chi connectivity index (χ1n) is 5.63. The van der Waals surface area contributed by atoms with Crippen LogP contribution in [0.4, 0.5) is 0 Å². The molecule has 0 saturated carbocycles. The number of hydrogen-bond donors (Lipinski definition) is 1. The number of halogens is 2. The monoisotopic (exact) mass is 406 g/mol. The van der Waals surface area contributed by atoms with Gasteiger partial charge in [-0.15, -0.1) is 0 Å². The number of alkyl halides is 2. The van der Waals surface area contributed by atoms with Gasteiger partial charge in [0.1, 0.15) is 0 Å². The average molecular weight is 407 g/mol. The summed E-state index contributed by atoms with van der Waals surface area (Å²) in [5, 5.41) is 0. The molecule has 128 valence electrons. The lowest BCUT2D eigenvalue weighted by Crippen LogP contribution is -2.24. The fourth-order valence-electron chi connectivity index (χ4n) is 1.09. The lowest BCUT2D eigenvalue weighted by Gasteiger charge is -2.32. The highest BCUT2D eigenvalue weighted by molar-refractivity contribution is 7.93. The van der Waals surface area contributed by atoms with Crippen LogP contribution in [0, 0.1) is 0 Å². The lowest BCUT2D eigenvalue weighted by atomic mass is 10.5. The Morgan fingerprint density at radius 2 is 1.38 bits per heavy atom. The maximum Gasteiger partial charge on any atom is 0.391 e. The van der Waals surface area contributed by atoms with E-state index in [0.717, 1.165) is 0 Å². The smallest absolute Gasteiger partial charge is 0.321 e. The van der Waals surface area contributed by atoms with Gasteiger partial charge in [0.2, 0.25) is 0 Å². The minimum atomic E-state index is -5.32. The Balaban J connectivity index is 5.86. The van der Waals surface area contributed by atoms with Gasteiger partial charge in [0, 0.05) is 0 Å². The second kappa shape index (κ2) is 7.16. The third-order valence-corrected chi connectivity index (χ3v) is 10.3. The first kappa shape index (κ1) is 21.8. The van der Waals surface area contributed by atoms with E-state index in [9.17, 15) is 22.4 Å². The molecule has 0 aromatic carbocycles. The molecule has 0 radical (unpaired) electrons. The van der Waals surface area contributed by atoms with E-state index in [-0.39, 0.29) is 0 Å². The van der Waals surface area contributed by atoms with Crippen molar-refractivity contribution >= 4 is 48.5 Å². The highest BCUT2D eigenvalue weighted by atomic mass is 35.5. The summed E-state index contributed by atoms with van der Waals surface area (Å²) in [5.74, 6) is 0. The van der Waals surface area contributed by atoms with E-state index in [0.29, 0.717) is 6.26 Å². The Labute approximate surface area is 134 Å². The molecule has 0 spiro atoms. The number of rotatable bonds is 8. The minimum Gasteiger partial charge on any atom is -0.321 e. The molecule has 13 heteroatoms. The van der Waals surface area contributed by atoms with Crippen LogP contribution >= 0.6 is 38.4 Å². The maximum absolute atomic E-state index is 12.7. The Hall–Kier alpha value is 0.830. The maximum atomic E-state index is 12.7. The van der Waals surface area contributed by atoms with E-state index in [2.05, 4.69) is 3.97 Å². The summed E-state index contributed by atoms with van der Waals surface area (Å²) in [6.07, 6.45) is -0.952. The molecule has 1 atom stereocenters. The molecule has 0 aromatic rings. The van der Waals surface area contributed by atoms with Gasteiger partial charge >= 0.3 is 19.0 Å². The Morgan fingerprint density at radius 3 is 1.62 bits per heavy atom. The van der Waals surface area contributed by atoms with Crippen LogP contribution in [0.25, 0.3) is 0 Å². The predicted molar refractivity (Wildman–Crippen MR) is 80.2 cm³/mol. The largest absolute Gasteiger partial charge is 0.391 e. The molecule has 0 heterocycles. The van der Waals surface area contributed by atoms with Crippen molar-refractivity contribution in [1.29, 1.82) is 0 Å². The molecule has 0 bridgehead atoms. The molecular formula is C8H18Cl2O8P2S.